The SMILES string of the molecule is CC(C)(C)NCC1CCc2ccccc21. The summed E-state index contributed by atoms with van der Waals surface area (Å²) < 4.78 is 0. The smallest absolute Gasteiger partial charge is 0.00967 e. The van der Waals surface area contributed by atoms with Crippen LogP contribution in [0.15, 0.2) is 24.3 Å². The van der Waals surface area contributed by atoms with Crippen molar-refractivity contribution in [2.45, 2.75) is 45.1 Å². The van der Waals surface area contributed by atoms with E-state index >= 15 is 0 Å². The highest BCUT2D eigenvalue weighted by Gasteiger charge is 2.22. The lowest BCUT2D eigenvalue weighted by molar-refractivity contribution is 0.405. The van der Waals surface area contributed by atoms with Crippen molar-refractivity contribution in [2.24, 2.45) is 0 Å². The van der Waals surface area contributed by atoms with Crippen molar-refractivity contribution in [3.05, 3.63) is 35.4 Å². The highest BCUT2D eigenvalue weighted by Crippen LogP contribution is 2.32. The van der Waals surface area contributed by atoms with Gasteiger partial charge in [-0.25, -0.2) is 0 Å². The molecule has 0 radical (unpaired) electrons. The predicted molar refractivity (Wildman–Crippen MR) is 65.3 cm³/mol. The van der Waals surface area contributed by atoms with Crippen LogP contribution in [0.3, 0.4) is 0 Å². The molecule has 82 valence electrons. The molecular weight excluding hydrogens is 182 g/mol. The summed E-state index contributed by atoms with van der Waals surface area (Å²) in [5.41, 5.74) is 3.35. The molecule has 1 aliphatic carbocycles. The fourth-order valence-electron chi connectivity index (χ4n) is 2.29. The van der Waals surface area contributed by atoms with Crippen molar-refractivity contribution in [1.29, 1.82) is 0 Å². The molecule has 0 saturated heterocycles. The van der Waals surface area contributed by atoms with E-state index in [1.807, 2.05) is 0 Å². The topological polar surface area (TPSA) is 12.0 Å². The van der Waals surface area contributed by atoms with Gasteiger partial charge in [-0.05, 0) is 50.7 Å². The van der Waals surface area contributed by atoms with E-state index in [1.54, 1.807) is 11.1 Å². The molecule has 0 spiro atoms. The van der Waals surface area contributed by atoms with E-state index in [2.05, 4.69) is 50.4 Å². The Labute approximate surface area is 92.9 Å². The van der Waals surface area contributed by atoms with Gasteiger partial charge in [-0.2, -0.15) is 0 Å². The number of nitrogens with one attached hydrogen (secondary N) is 1. The molecule has 0 aromatic heterocycles. The summed E-state index contributed by atoms with van der Waals surface area (Å²) in [7, 11) is 0. The van der Waals surface area contributed by atoms with Crippen LogP contribution in [0.5, 0.6) is 0 Å². The molecule has 0 saturated carbocycles. The molecule has 1 atom stereocenters. The molecule has 0 aliphatic heterocycles. The Kier molecular flexibility index (Phi) is 2.83. The lowest BCUT2D eigenvalue weighted by Gasteiger charge is -2.23. The third-order valence-corrected chi connectivity index (χ3v) is 3.14. The first kappa shape index (κ1) is 10.7. The second-order valence-electron chi connectivity index (χ2n) is 5.57. The first-order valence-electron chi connectivity index (χ1n) is 5.89. The summed E-state index contributed by atoms with van der Waals surface area (Å²) in [6.07, 6.45) is 2.56. The zero-order valence-electron chi connectivity index (χ0n) is 10.0. The standard InChI is InChI=1S/C14H21N/c1-14(2,3)15-10-12-9-8-11-6-4-5-7-13(11)12/h4-7,12,15H,8-10H2,1-3H3. The maximum Gasteiger partial charge on any atom is 0.00967 e. The van der Waals surface area contributed by atoms with Gasteiger partial charge in [0, 0.05) is 12.1 Å². The van der Waals surface area contributed by atoms with E-state index in [1.165, 1.54) is 12.8 Å². The molecule has 2 rings (SSSR count). The van der Waals surface area contributed by atoms with Crippen LogP contribution in [-0.2, 0) is 6.42 Å². The molecule has 1 aliphatic rings. The number of benzene rings is 1. The predicted octanol–water partition coefficient (Wildman–Crippen LogP) is 3.10. The number of hydrogen-bond acceptors (Lipinski definition) is 1. The molecule has 1 aromatic carbocycles. The van der Waals surface area contributed by atoms with Gasteiger partial charge in [0.1, 0.15) is 0 Å². The Morgan fingerprint density at radius 2 is 2.00 bits per heavy atom. The lowest BCUT2D eigenvalue weighted by atomic mass is 9.99. The Hall–Kier alpha value is -0.820. The molecule has 0 fully saturated rings. The summed E-state index contributed by atoms with van der Waals surface area (Å²) in [4.78, 5) is 0. The molecule has 1 unspecified atom stereocenters. The molecule has 1 heteroatoms. The van der Waals surface area contributed by atoms with E-state index in [0.29, 0.717) is 0 Å². The number of rotatable bonds is 2. The first-order valence-corrected chi connectivity index (χ1v) is 5.89. The Bertz CT molecular complexity index is 335. The van der Waals surface area contributed by atoms with Gasteiger partial charge in [0.2, 0.25) is 0 Å². The third kappa shape index (κ3) is 2.60. The Balaban J connectivity index is 2.02. The van der Waals surface area contributed by atoms with Gasteiger partial charge >= 0.3 is 0 Å². The van der Waals surface area contributed by atoms with Gasteiger partial charge in [-0.1, -0.05) is 24.3 Å². The summed E-state index contributed by atoms with van der Waals surface area (Å²) in [5, 5.41) is 3.60. The molecule has 0 bridgehead atoms. The van der Waals surface area contributed by atoms with Crippen LogP contribution in [0.2, 0.25) is 0 Å². The van der Waals surface area contributed by atoms with Crippen LogP contribution in [0.25, 0.3) is 0 Å². The van der Waals surface area contributed by atoms with Crippen LogP contribution in [-0.4, -0.2) is 12.1 Å². The van der Waals surface area contributed by atoms with E-state index in [9.17, 15) is 0 Å². The molecular formula is C14H21N. The molecule has 1 nitrogen and oxygen atoms in total. The summed E-state index contributed by atoms with van der Waals surface area (Å²) in [6, 6.07) is 8.87. The fraction of sp³-hybridized carbons (Fsp3) is 0.571. The van der Waals surface area contributed by atoms with Gasteiger partial charge in [-0.15, -0.1) is 0 Å². The average molecular weight is 203 g/mol. The second-order valence-corrected chi connectivity index (χ2v) is 5.57. The number of fused-ring (bicyclic) bond motifs is 1. The Morgan fingerprint density at radius 3 is 2.73 bits per heavy atom. The summed E-state index contributed by atoms with van der Waals surface area (Å²) in [6.45, 7) is 7.80. The van der Waals surface area contributed by atoms with Crippen molar-refractivity contribution in [2.75, 3.05) is 6.54 Å². The van der Waals surface area contributed by atoms with Gasteiger partial charge < -0.3 is 5.32 Å². The van der Waals surface area contributed by atoms with Crippen molar-refractivity contribution in [3.63, 3.8) is 0 Å². The van der Waals surface area contributed by atoms with E-state index in [4.69, 9.17) is 0 Å². The second kappa shape index (κ2) is 3.97. The minimum absolute atomic E-state index is 0.234. The zero-order chi connectivity index (χ0) is 10.9. The molecule has 1 N–H and O–H groups in total. The lowest BCUT2D eigenvalue weighted by Crippen LogP contribution is -2.38. The molecule has 15 heavy (non-hydrogen) atoms. The molecule has 0 heterocycles. The van der Waals surface area contributed by atoms with Crippen molar-refractivity contribution < 1.29 is 0 Å². The van der Waals surface area contributed by atoms with Crippen molar-refractivity contribution >= 4 is 0 Å². The summed E-state index contributed by atoms with van der Waals surface area (Å²) in [5.74, 6) is 0.723. The van der Waals surface area contributed by atoms with Crippen molar-refractivity contribution in [1.82, 2.24) is 5.32 Å². The van der Waals surface area contributed by atoms with Crippen molar-refractivity contribution in [3.8, 4) is 0 Å². The third-order valence-electron chi connectivity index (χ3n) is 3.14. The highest BCUT2D eigenvalue weighted by atomic mass is 14.9. The minimum Gasteiger partial charge on any atom is -0.311 e. The molecule has 1 aromatic rings. The van der Waals surface area contributed by atoms with Crippen LogP contribution >= 0.6 is 0 Å². The maximum absolute atomic E-state index is 3.60. The minimum atomic E-state index is 0.234. The largest absolute Gasteiger partial charge is 0.311 e. The van der Waals surface area contributed by atoms with Gasteiger partial charge in [0.25, 0.3) is 0 Å². The zero-order valence-corrected chi connectivity index (χ0v) is 10.0. The Morgan fingerprint density at radius 1 is 1.27 bits per heavy atom. The van der Waals surface area contributed by atoms with Crippen LogP contribution in [0.4, 0.5) is 0 Å². The van der Waals surface area contributed by atoms with Gasteiger partial charge in [-0.3, -0.25) is 0 Å². The monoisotopic (exact) mass is 203 g/mol. The van der Waals surface area contributed by atoms with E-state index in [-0.39, 0.29) is 5.54 Å². The number of hydrogen-bond donors (Lipinski definition) is 1. The first-order chi connectivity index (χ1) is 7.06. The maximum atomic E-state index is 3.60. The number of aryl methyl sites for hydroxylation is 1. The quantitative estimate of drug-likeness (QED) is 0.779. The fourth-order valence-corrected chi connectivity index (χ4v) is 2.29. The van der Waals surface area contributed by atoms with Crippen LogP contribution in [0, 0.1) is 0 Å². The normalized spacial score (nSPS) is 20.3. The highest BCUT2D eigenvalue weighted by molar-refractivity contribution is 5.35. The van der Waals surface area contributed by atoms with Crippen LogP contribution in [0.1, 0.15) is 44.2 Å². The van der Waals surface area contributed by atoms with E-state index < -0.39 is 0 Å². The van der Waals surface area contributed by atoms with Crippen LogP contribution < -0.4 is 5.32 Å². The average Bonchev–Trinajstić information content (AvgIpc) is 2.57. The summed E-state index contributed by atoms with van der Waals surface area (Å²) >= 11 is 0. The molecule has 0 amide bonds. The van der Waals surface area contributed by atoms with Gasteiger partial charge in [0.05, 0.1) is 0 Å². The van der Waals surface area contributed by atoms with Gasteiger partial charge in [0.15, 0.2) is 0 Å². The van der Waals surface area contributed by atoms with E-state index in [0.717, 1.165) is 12.5 Å².